The standard InChI is InChI=1S/C22H25N3O3/c1-3-27-22(26)20-14-21(28-24-20)19-9-7-17-13-16(6-8-18(17)23-19)10-12-25-11-4-5-15(25)2/h6-9,13-15H,3-5,10-12H2,1-2H3/t15-/m0/s1. The molecule has 0 N–H and O–H groups in total. The highest BCUT2D eigenvalue weighted by Gasteiger charge is 2.19. The van der Waals surface area contributed by atoms with Crippen molar-refractivity contribution in [3.05, 3.63) is 47.7 Å². The molecule has 0 bridgehead atoms. The summed E-state index contributed by atoms with van der Waals surface area (Å²) >= 11 is 0. The van der Waals surface area contributed by atoms with E-state index in [2.05, 4.69) is 34.1 Å². The van der Waals surface area contributed by atoms with Crippen LogP contribution < -0.4 is 0 Å². The van der Waals surface area contributed by atoms with Gasteiger partial charge in [0.2, 0.25) is 0 Å². The van der Waals surface area contributed by atoms with Gasteiger partial charge < -0.3 is 14.2 Å². The number of fused-ring (bicyclic) bond motifs is 1. The molecule has 1 aliphatic heterocycles. The Morgan fingerprint density at radius 2 is 2.18 bits per heavy atom. The van der Waals surface area contributed by atoms with Gasteiger partial charge in [-0.3, -0.25) is 0 Å². The maximum absolute atomic E-state index is 11.7. The molecule has 1 aliphatic rings. The summed E-state index contributed by atoms with van der Waals surface area (Å²) in [6.07, 6.45) is 3.67. The molecule has 0 spiro atoms. The molecular formula is C22H25N3O3. The summed E-state index contributed by atoms with van der Waals surface area (Å²) in [6.45, 7) is 6.69. The number of hydrogen-bond acceptors (Lipinski definition) is 6. The molecule has 2 aromatic heterocycles. The molecule has 0 aliphatic carbocycles. The summed E-state index contributed by atoms with van der Waals surface area (Å²) < 4.78 is 10.2. The fraction of sp³-hybridized carbons (Fsp3) is 0.409. The largest absolute Gasteiger partial charge is 0.461 e. The maximum Gasteiger partial charge on any atom is 0.360 e. The highest BCUT2D eigenvalue weighted by atomic mass is 16.5. The van der Waals surface area contributed by atoms with E-state index in [-0.39, 0.29) is 5.69 Å². The number of rotatable bonds is 6. The van der Waals surface area contributed by atoms with Gasteiger partial charge in [0.15, 0.2) is 11.5 Å². The molecule has 1 aromatic carbocycles. The van der Waals surface area contributed by atoms with Crippen molar-refractivity contribution in [2.75, 3.05) is 19.7 Å². The van der Waals surface area contributed by atoms with Crippen LogP contribution in [0.1, 0.15) is 42.7 Å². The molecule has 0 amide bonds. The third-order valence-electron chi connectivity index (χ3n) is 5.38. The van der Waals surface area contributed by atoms with Gasteiger partial charge in [-0.2, -0.15) is 0 Å². The Bertz CT molecular complexity index is 982. The van der Waals surface area contributed by atoms with E-state index in [0.717, 1.165) is 23.9 Å². The van der Waals surface area contributed by atoms with Crippen LogP contribution in [0.5, 0.6) is 0 Å². The molecule has 3 aromatic rings. The van der Waals surface area contributed by atoms with Crippen LogP contribution in [0.2, 0.25) is 0 Å². The zero-order chi connectivity index (χ0) is 19.5. The minimum absolute atomic E-state index is 0.158. The van der Waals surface area contributed by atoms with E-state index in [1.165, 1.54) is 24.9 Å². The number of nitrogens with zero attached hydrogens (tertiary/aromatic N) is 3. The first kappa shape index (κ1) is 18.6. The van der Waals surface area contributed by atoms with Gasteiger partial charge in [0.1, 0.15) is 5.69 Å². The summed E-state index contributed by atoms with van der Waals surface area (Å²) in [5, 5.41) is 4.88. The molecule has 0 radical (unpaired) electrons. The molecule has 1 saturated heterocycles. The lowest BCUT2D eigenvalue weighted by Crippen LogP contribution is -2.28. The predicted molar refractivity (Wildman–Crippen MR) is 107 cm³/mol. The van der Waals surface area contributed by atoms with Gasteiger partial charge in [0.05, 0.1) is 12.1 Å². The first-order valence-electron chi connectivity index (χ1n) is 9.92. The number of carbonyl (C=O) groups is 1. The number of aromatic nitrogens is 2. The monoisotopic (exact) mass is 379 g/mol. The van der Waals surface area contributed by atoms with Crippen LogP contribution in [0.3, 0.4) is 0 Å². The summed E-state index contributed by atoms with van der Waals surface area (Å²) in [6, 6.07) is 12.6. The van der Waals surface area contributed by atoms with E-state index < -0.39 is 5.97 Å². The third-order valence-corrected chi connectivity index (χ3v) is 5.38. The molecule has 6 heteroatoms. The van der Waals surface area contributed by atoms with Gasteiger partial charge in [-0.05, 0) is 63.4 Å². The minimum Gasteiger partial charge on any atom is -0.461 e. The molecule has 28 heavy (non-hydrogen) atoms. The molecular weight excluding hydrogens is 354 g/mol. The SMILES string of the molecule is CCOC(=O)c1cc(-c2ccc3cc(CCN4CCC[C@@H]4C)ccc3n2)on1. The quantitative estimate of drug-likeness (QED) is 0.601. The topological polar surface area (TPSA) is 68.5 Å². The van der Waals surface area contributed by atoms with Gasteiger partial charge in [0, 0.05) is 24.0 Å². The van der Waals surface area contributed by atoms with Crippen LogP contribution in [-0.2, 0) is 11.2 Å². The first-order valence-corrected chi connectivity index (χ1v) is 9.92. The van der Waals surface area contributed by atoms with E-state index in [4.69, 9.17) is 9.26 Å². The summed E-state index contributed by atoms with van der Waals surface area (Å²) in [5.41, 5.74) is 3.02. The van der Waals surface area contributed by atoms with Gasteiger partial charge in [0.25, 0.3) is 0 Å². The lowest BCUT2D eigenvalue weighted by Gasteiger charge is -2.20. The minimum atomic E-state index is -0.491. The van der Waals surface area contributed by atoms with E-state index in [0.29, 0.717) is 24.1 Å². The Hall–Kier alpha value is -2.73. The van der Waals surface area contributed by atoms with Gasteiger partial charge >= 0.3 is 5.97 Å². The summed E-state index contributed by atoms with van der Waals surface area (Å²) in [4.78, 5) is 19.0. The molecule has 1 atom stereocenters. The van der Waals surface area contributed by atoms with Crippen molar-refractivity contribution in [1.82, 2.24) is 15.0 Å². The van der Waals surface area contributed by atoms with E-state index in [9.17, 15) is 4.79 Å². The van der Waals surface area contributed by atoms with Gasteiger partial charge in [-0.1, -0.05) is 17.3 Å². The third kappa shape index (κ3) is 3.92. The number of carbonyl (C=O) groups excluding carboxylic acids is 1. The highest BCUT2D eigenvalue weighted by Crippen LogP contribution is 2.23. The molecule has 3 heterocycles. The second kappa shape index (κ2) is 8.10. The van der Waals surface area contributed by atoms with Crippen molar-refractivity contribution in [1.29, 1.82) is 0 Å². The number of likely N-dealkylation sites (tertiary alicyclic amines) is 1. The van der Waals surface area contributed by atoms with Gasteiger partial charge in [-0.15, -0.1) is 0 Å². The van der Waals surface area contributed by atoms with Crippen LogP contribution in [0.15, 0.2) is 40.9 Å². The van der Waals surface area contributed by atoms with Crippen LogP contribution >= 0.6 is 0 Å². The normalized spacial score (nSPS) is 17.3. The fourth-order valence-corrected chi connectivity index (χ4v) is 3.76. The Labute approximate surface area is 164 Å². The van der Waals surface area contributed by atoms with Crippen molar-refractivity contribution < 1.29 is 14.1 Å². The van der Waals surface area contributed by atoms with Crippen molar-refractivity contribution in [3.8, 4) is 11.5 Å². The van der Waals surface area contributed by atoms with E-state index in [1.807, 2.05) is 18.2 Å². The highest BCUT2D eigenvalue weighted by molar-refractivity contribution is 5.88. The Morgan fingerprint density at radius 3 is 2.96 bits per heavy atom. The Balaban J connectivity index is 1.49. The second-order valence-corrected chi connectivity index (χ2v) is 7.30. The average molecular weight is 379 g/mol. The molecule has 0 saturated carbocycles. The lowest BCUT2D eigenvalue weighted by molar-refractivity contribution is 0.0514. The van der Waals surface area contributed by atoms with Gasteiger partial charge in [-0.25, -0.2) is 9.78 Å². The Kier molecular flexibility index (Phi) is 5.39. The number of hydrogen-bond donors (Lipinski definition) is 0. The summed E-state index contributed by atoms with van der Waals surface area (Å²) in [7, 11) is 0. The van der Waals surface area contributed by atoms with E-state index in [1.54, 1.807) is 13.0 Å². The van der Waals surface area contributed by atoms with Crippen molar-refractivity contribution in [2.45, 2.75) is 39.2 Å². The predicted octanol–water partition coefficient (Wildman–Crippen LogP) is 4.09. The van der Waals surface area contributed by atoms with Crippen LogP contribution in [0.25, 0.3) is 22.4 Å². The number of ether oxygens (including phenoxy) is 1. The number of esters is 1. The maximum atomic E-state index is 11.7. The molecule has 146 valence electrons. The first-order chi connectivity index (χ1) is 13.6. The number of pyridine rings is 1. The lowest BCUT2D eigenvalue weighted by atomic mass is 10.1. The molecule has 0 unspecified atom stereocenters. The summed E-state index contributed by atoms with van der Waals surface area (Å²) in [5.74, 6) is -0.0349. The zero-order valence-corrected chi connectivity index (χ0v) is 16.4. The van der Waals surface area contributed by atoms with Crippen LogP contribution in [0, 0.1) is 0 Å². The van der Waals surface area contributed by atoms with Crippen molar-refractivity contribution in [3.63, 3.8) is 0 Å². The average Bonchev–Trinajstić information content (AvgIpc) is 3.35. The number of benzene rings is 1. The second-order valence-electron chi connectivity index (χ2n) is 7.30. The van der Waals surface area contributed by atoms with Crippen LogP contribution in [0.4, 0.5) is 0 Å². The fourth-order valence-electron chi connectivity index (χ4n) is 3.76. The smallest absolute Gasteiger partial charge is 0.360 e. The molecule has 1 fully saturated rings. The van der Waals surface area contributed by atoms with E-state index >= 15 is 0 Å². The van der Waals surface area contributed by atoms with Crippen molar-refractivity contribution in [2.24, 2.45) is 0 Å². The van der Waals surface area contributed by atoms with Crippen LogP contribution in [-0.4, -0.2) is 46.7 Å². The molecule has 6 nitrogen and oxygen atoms in total. The van der Waals surface area contributed by atoms with Crippen molar-refractivity contribution >= 4 is 16.9 Å². The zero-order valence-electron chi connectivity index (χ0n) is 16.4. The Morgan fingerprint density at radius 1 is 1.29 bits per heavy atom. The molecule has 4 rings (SSSR count).